The number of ether oxygens (including phenoxy) is 2. The lowest BCUT2D eigenvalue weighted by Gasteiger charge is -2.27. The average molecular weight is 740 g/mol. The van der Waals surface area contributed by atoms with Crippen LogP contribution in [-0.2, 0) is 28.8 Å². The second-order valence-corrected chi connectivity index (χ2v) is 11.8. The molecule has 4 aliphatic heterocycles. The molecule has 4 aliphatic rings. The predicted octanol–water partition coefficient (Wildman–Crippen LogP) is 1.36. The molecule has 0 aliphatic carbocycles. The molecule has 2 saturated heterocycles. The number of piperidine rings is 2. The number of unbranched alkanes of at least 4 members (excludes halogenated alkanes) is 1. The van der Waals surface area contributed by atoms with Crippen LogP contribution in [0.1, 0.15) is 94.2 Å². The fourth-order valence-corrected chi connectivity index (χ4v) is 5.96. The molecule has 8 amide bonds. The molecule has 2 aromatic carbocycles. The SMILES string of the molecule is O=C(O)CCCOc1cccc2c1C(=O)N(C1CCC(=O)NC1=O)C2=O.O=CCCCOc1cccc2c1C(=O)N(C1CCC(=O)NC1=O)C2=O.[2H]CF. The molecule has 17 nitrogen and oxygen atoms in total. The third-order valence-corrected chi connectivity index (χ3v) is 8.38. The molecule has 53 heavy (non-hydrogen) atoms. The average Bonchev–Trinajstić information content (AvgIpc) is 3.54. The summed E-state index contributed by atoms with van der Waals surface area (Å²) in [5.41, 5.74) is 0.457. The summed E-state index contributed by atoms with van der Waals surface area (Å²) in [5, 5.41) is 12.9. The topological polar surface area (TPSA) is 240 Å². The molecular formula is C35H35FN4O13. The van der Waals surface area contributed by atoms with E-state index >= 15 is 0 Å². The van der Waals surface area contributed by atoms with Crippen molar-refractivity contribution in [2.24, 2.45) is 0 Å². The van der Waals surface area contributed by atoms with Crippen LogP contribution in [0.25, 0.3) is 0 Å². The summed E-state index contributed by atoms with van der Waals surface area (Å²) < 4.78 is 26.5. The Kier molecular flexibility index (Phi) is 12.7. The number of nitrogens with one attached hydrogen (secondary N) is 2. The van der Waals surface area contributed by atoms with E-state index in [0.717, 1.165) is 16.1 Å². The van der Waals surface area contributed by atoms with Crippen LogP contribution in [-0.4, -0.2) is 107 Å². The number of aliphatic carboxylic acids is 1. The van der Waals surface area contributed by atoms with E-state index in [0.29, 0.717) is 12.8 Å². The van der Waals surface area contributed by atoms with Crippen LogP contribution >= 0.6 is 0 Å². The van der Waals surface area contributed by atoms with Gasteiger partial charge in [-0.05, 0) is 49.9 Å². The molecule has 6 rings (SSSR count). The molecule has 0 spiro atoms. The number of amides is 8. The second-order valence-electron chi connectivity index (χ2n) is 11.8. The van der Waals surface area contributed by atoms with Gasteiger partial charge in [-0.1, -0.05) is 12.1 Å². The van der Waals surface area contributed by atoms with Gasteiger partial charge in [0.05, 0.1) is 44.0 Å². The van der Waals surface area contributed by atoms with Crippen molar-refractivity contribution < 1.29 is 68.3 Å². The molecule has 2 fully saturated rings. The van der Waals surface area contributed by atoms with Crippen LogP contribution < -0.4 is 20.1 Å². The molecular weight excluding hydrogens is 703 g/mol. The molecule has 0 bridgehead atoms. The van der Waals surface area contributed by atoms with Crippen molar-refractivity contribution in [3.63, 3.8) is 0 Å². The van der Waals surface area contributed by atoms with Crippen molar-refractivity contribution in [3.8, 4) is 11.5 Å². The third kappa shape index (κ3) is 8.59. The van der Waals surface area contributed by atoms with Gasteiger partial charge >= 0.3 is 5.97 Å². The molecule has 2 atom stereocenters. The number of carbonyl (C=O) groups is 10. The van der Waals surface area contributed by atoms with E-state index in [4.69, 9.17) is 16.0 Å². The van der Waals surface area contributed by atoms with Gasteiger partial charge in [0, 0.05) is 25.7 Å². The maximum Gasteiger partial charge on any atom is 0.303 e. The fourth-order valence-electron chi connectivity index (χ4n) is 5.96. The fraction of sp³-hybridized carbons (Fsp3) is 0.371. The molecule has 18 heteroatoms. The lowest BCUT2D eigenvalue weighted by atomic mass is 10.0. The number of benzene rings is 2. The third-order valence-electron chi connectivity index (χ3n) is 8.38. The molecule has 2 aromatic rings. The number of carboxylic acids is 1. The molecule has 2 unspecified atom stereocenters. The molecule has 0 saturated carbocycles. The highest BCUT2D eigenvalue weighted by Crippen LogP contribution is 2.35. The highest BCUT2D eigenvalue weighted by Gasteiger charge is 2.47. The van der Waals surface area contributed by atoms with Gasteiger partial charge in [-0.3, -0.25) is 68.0 Å². The van der Waals surface area contributed by atoms with Gasteiger partial charge in [0.1, 0.15) is 29.9 Å². The van der Waals surface area contributed by atoms with E-state index in [1.807, 2.05) is 0 Å². The molecule has 3 N–H and O–H groups in total. The minimum Gasteiger partial charge on any atom is -0.493 e. The second kappa shape index (κ2) is 17.7. The van der Waals surface area contributed by atoms with Crippen molar-refractivity contribution in [3.05, 3.63) is 58.7 Å². The van der Waals surface area contributed by atoms with E-state index in [1.54, 1.807) is 18.2 Å². The van der Waals surface area contributed by atoms with Gasteiger partial charge in [-0.25, -0.2) is 0 Å². The Morgan fingerprint density at radius 3 is 1.62 bits per heavy atom. The summed E-state index contributed by atoms with van der Waals surface area (Å²) >= 11 is 0. The molecule has 0 aromatic heterocycles. The number of rotatable bonds is 12. The lowest BCUT2D eigenvalue weighted by molar-refractivity contribution is -0.138. The minimum absolute atomic E-state index is 0.0440. The summed E-state index contributed by atoms with van der Waals surface area (Å²) in [6.45, 7) is 0.303. The number of nitrogens with zero attached hydrogens (tertiary/aromatic N) is 2. The highest BCUT2D eigenvalue weighted by molar-refractivity contribution is 6.25. The first-order valence-corrected chi connectivity index (χ1v) is 16.3. The summed E-state index contributed by atoms with van der Waals surface area (Å²) in [6.07, 6.45) is 2.06. The minimum atomic E-state index is -1.04. The van der Waals surface area contributed by atoms with Crippen LogP contribution in [0.2, 0.25) is 0 Å². The van der Waals surface area contributed by atoms with Crippen molar-refractivity contribution >= 4 is 59.5 Å². The monoisotopic (exact) mass is 739 g/mol. The van der Waals surface area contributed by atoms with E-state index in [1.165, 1.54) is 18.2 Å². The Balaban J connectivity index is 0.000000225. The number of hydrogen-bond donors (Lipinski definition) is 3. The van der Waals surface area contributed by atoms with Gasteiger partial charge in [0.25, 0.3) is 23.6 Å². The number of carboxylic acid groups (broad SMARTS) is 1. The number of carbonyl (C=O) groups excluding carboxylic acids is 9. The summed E-state index contributed by atoms with van der Waals surface area (Å²) in [5.74, 6) is -5.20. The Hall–Kier alpha value is -6.33. The molecule has 4 heterocycles. The van der Waals surface area contributed by atoms with Crippen LogP contribution in [0.4, 0.5) is 4.39 Å². The van der Waals surface area contributed by atoms with Gasteiger partial charge in [-0.2, -0.15) is 0 Å². The Bertz CT molecular complexity index is 1890. The Morgan fingerprint density at radius 1 is 0.792 bits per heavy atom. The van der Waals surface area contributed by atoms with Gasteiger partial charge in [0.2, 0.25) is 23.6 Å². The maximum absolute atomic E-state index is 12.8. The predicted molar refractivity (Wildman–Crippen MR) is 176 cm³/mol. The van der Waals surface area contributed by atoms with Crippen LogP contribution in [0.5, 0.6) is 11.5 Å². The number of halogens is 1. The number of hydrogen-bond acceptors (Lipinski definition) is 12. The first-order chi connectivity index (χ1) is 25.9. The van der Waals surface area contributed by atoms with Crippen LogP contribution in [0.15, 0.2) is 36.4 Å². The maximum atomic E-state index is 12.8. The molecule has 280 valence electrons. The largest absolute Gasteiger partial charge is 0.493 e. The zero-order valence-corrected chi connectivity index (χ0v) is 28.1. The van der Waals surface area contributed by atoms with E-state index < -0.39 is 72.5 Å². The van der Waals surface area contributed by atoms with Crippen molar-refractivity contribution in [1.82, 2.24) is 20.4 Å². The van der Waals surface area contributed by atoms with Crippen LogP contribution in [0, 0.1) is 0 Å². The van der Waals surface area contributed by atoms with E-state index in [2.05, 4.69) is 10.6 Å². The van der Waals surface area contributed by atoms with Gasteiger partial charge in [-0.15, -0.1) is 0 Å². The van der Waals surface area contributed by atoms with Crippen LogP contribution in [0.3, 0.4) is 0 Å². The van der Waals surface area contributed by atoms with E-state index in [9.17, 15) is 52.3 Å². The number of imide groups is 4. The number of fused-ring (bicyclic) bond motifs is 2. The van der Waals surface area contributed by atoms with Crippen molar-refractivity contribution in [2.75, 3.05) is 20.4 Å². The quantitative estimate of drug-likeness (QED) is 0.159. The van der Waals surface area contributed by atoms with Gasteiger partial charge < -0.3 is 19.4 Å². The summed E-state index contributed by atoms with van der Waals surface area (Å²) in [7, 11) is -1.00. The zero-order chi connectivity index (χ0) is 39.5. The number of aldehydes is 1. The lowest BCUT2D eigenvalue weighted by Crippen LogP contribution is -2.54. The van der Waals surface area contributed by atoms with E-state index in [-0.39, 0.29) is 85.5 Å². The summed E-state index contributed by atoms with van der Waals surface area (Å²) in [6, 6.07) is 7.13. The summed E-state index contributed by atoms with van der Waals surface area (Å²) in [4.78, 5) is 120. The smallest absolute Gasteiger partial charge is 0.303 e. The first kappa shape index (κ1) is 37.9. The Labute approximate surface area is 302 Å². The zero-order valence-electron chi connectivity index (χ0n) is 29.1. The standard InChI is InChI=1S/C17H16N2O7.C17H16N2O6.CH3F/c20-12-7-6-10(15(23)18-12)19-16(24)9-3-1-4-11(14(9)17(19)25)26-8-2-5-13(21)22;20-8-1-2-9-25-12-5-3-4-10-14(12)17(24)19(16(10)23)11-6-7-13(21)18-15(11)22;1-2/h1,3-4,10H,2,5-8H2,(H,21,22)(H,18,20,23);3-5,8,11H,1-2,6-7,9H2,(H,18,21,22);1H3/i;;1D. The number of alkyl halides is 1. The highest BCUT2D eigenvalue weighted by atomic mass is 19.1. The van der Waals surface area contributed by atoms with Crippen molar-refractivity contribution in [2.45, 2.75) is 63.5 Å². The van der Waals surface area contributed by atoms with Gasteiger partial charge in [0.15, 0.2) is 0 Å². The molecule has 0 radical (unpaired) electrons. The van der Waals surface area contributed by atoms with Crippen molar-refractivity contribution in [1.29, 1.82) is 0 Å². The first-order valence-electron chi connectivity index (χ1n) is 17.0. The Morgan fingerprint density at radius 2 is 1.23 bits per heavy atom. The normalized spacial score (nSPS) is 19.2.